The zero-order chi connectivity index (χ0) is 20.2. The predicted molar refractivity (Wildman–Crippen MR) is 125 cm³/mol. The Morgan fingerprint density at radius 3 is 2.69 bits per heavy atom. The van der Waals surface area contributed by atoms with Crippen molar-refractivity contribution in [2.45, 2.75) is 13.5 Å². The summed E-state index contributed by atoms with van der Waals surface area (Å²) >= 11 is 3.67. The first-order chi connectivity index (χ1) is 14.2. The largest absolute Gasteiger partial charge is 0.492 e. The molecule has 146 valence electrons. The molecule has 5 nitrogen and oxygen atoms in total. The van der Waals surface area contributed by atoms with Gasteiger partial charge in [-0.25, -0.2) is 4.98 Å². The number of rotatable bonds is 6. The second-order valence-electron chi connectivity index (χ2n) is 6.22. The quantitative estimate of drug-likeness (QED) is 0.317. The fraction of sp³-hybridized carbons (Fsp3) is 0.136. The highest BCUT2D eigenvalue weighted by molar-refractivity contribution is 14.1. The van der Waals surface area contributed by atoms with Crippen LogP contribution in [-0.4, -0.2) is 22.5 Å². The van der Waals surface area contributed by atoms with Gasteiger partial charge in [0.25, 0.3) is 5.91 Å². The van der Waals surface area contributed by atoms with Crippen LogP contribution in [0.4, 0.5) is 5.13 Å². The Kier molecular flexibility index (Phi) is 6.05. The smallest absolute Gasteiger partial charge is 0.261 e. The summed E-state index contributed by atoms with van der Waals surface area (Å²) in [6.07, 6.45) is 1.73. The standard InChI is InChI=1S/C22H18IN3O2S/c1-2-28-18-11-7-12-19-20(18)25-22(29-19)26(14-15-8-5-6-13-24-15)21(27)16-9-3-4-10-17(16)23/h3-13H,2,14H2,1H3. The lowest BCUT2D eigenvalue weighted by atomic mass is 10.2. The molecule has 0 saturated carbocycles. The van der Waals surface area contributed by atoms with Gasteiger partial charge in [-0.3, -0.25) is 14.7 Å². The van der Waals surface area contributed by atoms with E-state index in [1.165, 1.54) is 11.3 Å². The number of thiazole rings is 1. The number of carbonyl (C=O) groups excluding carboxylic acids is 1. The average molecular weight is 515 g/mol. The highest BCUT2D eigenvalue weighted by atomic mass is 127. The van der Waals surface area contributed by atoms with Crippen LogP contribution >= 0.6 is 33.9 Å². The second-order valence-corrected chi connectivity index (χ2v) is 8.40. The van der Waals surface area contributed by atoms with E-state index < -0.39 is 0 Å². The van der Waals surface area contributed by atoms with E-state index in [0.717, 1.165) is 25.2 Å². The molecule has 0 aliphatic carbocycles. The number of benzene rings is 2. The van der Waals surface area contributed by atoms with Crippen LogP contribution in [0.1, 0.15) is 23.0 Å². The highest BCUT2D eigenvalue weighted by Gasteiger charge is 2.24. The first-order valence-electron chi connectivity index (χ1n) is 9.16. The van der Waals surface area contributed by atoms with Gasteiger partial charge in [-0.05, 0) is 65.9 Å². The Morgan fingerprint density at radius 1 is 1.10 bits per heavy atom. The van der Waals surface area contributed by atoms with Crippen LogP contribution in [0, 0.1) is 3.57 Å². The number of para-hydroxylation sites is 1. The van der Waals surface area contributed by atoms with E-state index in [4.69, 9.17) is 9.72 Å². The molecule has 4 aromatic rings. The maximum Gasteiger partial charge on any atom is 0.261 e. The number of amides is 1. The first-order valence-corrected chi connectivity index (χ1v) is 11.1. The number of hydrogen-bond acceptors (Lipinski definition) is 5. The highest BCUT2D eigenvalue weighted by Crippen LogP contribution is 2.35. The van der Waals surface area contributed by atoms with Crippen LogP contribution in [0.15, 0.2) is 66.9 Å². The van der Waals surface area contributed by atoms with E-state index in [1.54, 1.807) is 11.1 Å². The predicted octanol–water partition coefficient (Wildman–Crippen LogP) is 5.54. The minimum atomic E-state index is -0.0994. The van der Waals surface area contributed by atoms with Crippen molar-refractivity contribution < 1.29 is 9.53 Å². The van der Waals surface area contributed by atoms with Gasteiger partial charge in [-0.2, -0.15) is 0 Å². The summed E-state index contributed by atoms with van der Waals surface area (Å²) in [6, 6.07) is 19.1. The Balaban J connectivity index is 1.80. The van der Waals surface area contributed by atoms with Crippen molar-refractivity contribution in [2.75, 3.05) is 11.5 Å². The SMILES string of the molecule is CCOc1cccc2sc(N(Cc3ccccn3)C(=O)c3ccccc3I)nc12. The Morgan fingerprint density at radius 2 is 1.93 bits per heavy atom. The number of nitrogens with zero attached hydrogens (tertiary/aromatic N) is 3. The minimum Gasteiger partial charge on any atom is -0.492 e. The summed E-state index contributed by atoms with van der Waals surface area (Å²) in [5.41, 5.74) is 2.22. The van der Waals surface area contributed by atoms with Crippen LogP contribution in [0.25, 0.3) is 10.2 Å². The Bertz CT molecular complexity index is 1150. The van der Waals surface area contributed by atoms with Crippen molar-refractivity contribution in [3.8, 4) is 5.75 Å². The van der Waals surface area contributed by atoms with Gasteiger partial charge in [0, 0.05) is 9.77 Å². The van der Waals surface area contributed by atoms with E-state index in [0.29, 0.717) is 23.8 Å². The maximum atomic E-state index is 13.5. The van der Waals surface area contributed by atoms with Crippen molar-refractivity contribution >= 4 is 55.2 Å². The van der Waals surface area contributed by atoms with E-state index in [2.05, 4.69) is 27.6 Å². The monoisotopic (exact) mass is 515 g/mol. The third kappa shape index (κ3) is 4.25. The average Bonchev–Trinajstić information content (AvgIpc) is 3.18. The summed E-state index contributed by atoms with van der Waals surface area (Å²) in [5, 5.41) is 0.627. The molecule has 0 saturated heterocycles. The Labute approximate surface area is 186 Å². The molecular formula is C22H18IN3O2S. The van der Waals surface area contributed by atoms with Crippen molar-refractivity contribution in [2.24, 2.45) is 0 Å². The van der Waals surface area contributed by atoms with E-state index >= 15 is 0 Å². The van der Waals surface area contributed by atoms with Gasteiger partial charge in [0.2, 0.25) is 0 Å². The van der Waals surface area contributed by atoms with Crippen LogP contribution in [0.2, 0.25) is 0 Å². The third-order valence-corrected chi connectivity index (χ3v) is 6.28. The van der Waals surface area contributed by atoms with Gasteiger partial charge in [0.1, 0.15) is 11.3 Å². The first kappa shape index (κ1) is 19.8. The number of fused-ring (bicyclic) bond motifs is 1. The van der Waals surface area contributed by atoms with Crippen molar-refractivity contribution in [3.63, 3.8) is 0 Å². The molecule has 0 radical (unpaired) electrons. The number of ether oxygens (including phenoxy) is 1. The summed E-state index contributed by atoms with van der Waals surface area (Å²) in [7, 11) is 0. The third-order valence-electron chi connectivity index (χ3n) is 4.30. The van der Waals surface area contributed by atoms with Gasteiger partial charge in [-0.1, -0.05) is 35.6 Å². The van der Waals surface area contributed by atoms with E-state index in [-0.39, 0.29) is 5.91 Å². The number of hydrogen-bond donors (Lipinski definition) is 0. The summed E-state index contributed by atoms with van der Waals surface area (Å²) in [5.74, 6) is 0.629. The normalized spacial score (nSPS) is 10.8. The van der Waals surface area contributed by atoms with E-state index in [9.17, 15) is 4.79 Å². The summed E-state index contributed by atoms with van der Waals surface area (Å²) in [4.78, 5) is 24.4. The lowest BCUT2D eigenvalue weighted by Crippen LogP contribution is -2.31. The second kappa shape index (κ2) is 8.87. The number of pyridine rings is 1. The molecule has 29 heavy (non-hydrogen) atoms. The molecule has 2 aromatic carbocycles. The number of carbonyl (C=O) groups is 1. The van der Waals surface area contributed by atoms with Crippen LogP contribution in [-0.2, 0) is 6.54 Å². The topological polar surface area (TPSA) is 55.3 Å². The zero-order valence-corrected chi connectivity index (χ0v) is 18.7. The molecule has 0 spiro atoms. The molecule has 2 heterocycles. The molecule has 0 fully saturated rings. The maximum absolute atomic E-state index is 13.5. The molecule has 4 rings (SSSR count). The molecular weight excluding hydrogens is 497 g/mol. The number of halogens is 1. The van der Waals surface area contributed by atoms with Crippen LogP contribution in [0.3, 0.4) is 0 Å². The van der Waals surface area contributed by atoms with Gasteiger partial charge in [0.15, 0.2) is 5.13 Å². The fourth-order valence-corrected chi connectivity index (χ4v) is 4.56. The van der Waals surface area contributed by atoms with Gasteiger partial charge < -0.3 is 4.74 Å². The number of aromatic nitrogens is 2. The van der Waals surface area contributed by atoms with Gasteiger partial charge >= 0.3 is 0 Å². The molecule has 2 aromatic heterocycles. The van der Waals surface area contributed by atoms with Crippen molar-refractivity contribution in [3.05, 3.63) is 81.7 Å². The molecule has 0 bridgehead atoms. The fourth-order valence-electron chi connectivity index (χ4n) is 2.96. The Hall–Kier alpha value is -2.52. The number of anilines is 1. The summed E-state index contributed by atoms with van der Waals surface area (Å²) < 4.78 is 7.60. The molecule has 0 unspecified atom stereocenters. The van der Waals surface area contributed by atoms with Crippen molar-refractivity contribution in [1.29, 1.82) is 0 Å². The molecule has 0 aliphatic rings. The van der Waals surface area contributed by atoms with Crippen LogP contribution < -0.4 is 9.64 Å². The lowest BCUT2D eigenvalue weighted by molar-refractivity contribution is 0.0984. The van der Waals surface area contributed by atoms with Crippen molar-refractivity contribution in [1.82, 2.24) is 9.97 Å². The van der Waals surface area contributed by atoms with E-state index in [1.807, 2.05) is 67.6 Å². The molecule has 0 atom stereocenters. The lowest BCUT2D eigenvalue weighted by Gasteiger charge is -2.20. The molecule has 0 N–H and O–H groups in total. The minimum absolute atomic E-state index is 0.0994. The zero-order valence-electron chi connectivity index (χ0n) is 15.7. The van der Waals surface area contributed by atoms with Gasteiger partial charge in [-0.15, -0.1) is 0 Å². The van der Waals surface area contributed by atoms with Gasteiger partial charge in [0.05, 0.1) is 29.1 Å². The molecule has 1 amide bonds. The van der Waals surface area contributed by atoms with Crippen LogP contribution in [0.5, 0.6) is 5.75 Å². The molecule has 7 heteroatoms. The summed E-state index contributed by atoms with van der Waals surface area (Å²) in [6.45, 7) is 2.85. The molecule has 0 aliphatic heterocycles.